The summed E-state index contributed by atoms with van der Waals surface area (Å²) in [5.41, 5.74) is -0.00332. The van der Waals surface area contributed by atoms with Crippen molar-refractivity contribution in [3.63, 3.8) is 0 Å². The standard InChI is InChI=1S/C13H26N2O4/c1-13(2,7-9-19-3)10-15-12(18)14-8-5-4-6-11(16)17/h4-10H2,1-3H3,(H,16,17)(H2,14,15,18). The molecule has 0 fully saturated rings. The average Bonchev–Trinajstić information content (AvgIpc) is 2.33. The van der Waals surface area contributed by atoms with Gasteiger partial charge < -0.3 is 20.5 Å². The quantitative estimate of drug-likeness (QED) is 0.528. The highest BCUT2D eigenvalue weighted by molar-refractivity contribution is 5.73. The van der Waals surface area contributed by atoms with Gasteiger partial charge in [-0.15, -0.1) is 0 Å². The fourth-order valence-electron chi connectivity index (χ4n) is 1.45. The van der Waals surface area contributed by atoms with Crippen LogP contribution >= 0.6 is 0 Å². The van der Waals surface area contributed by atoms with E-state index in [1.165, 1.54) is 0 Å². The Morgan fingerprint density at radius 3 is 2.47 bits per heavy atom. The molecule has 2 amide bonds. The van der Waals surface area contributed by atoms with Gasteiger partial charge in [0.05, 0.1) is 0 Å². The Labute approximate surface area is 114 Å². The number of hydrogen-bond acceptors (Lipinski definition) is 3. The lowest BCUT2D eigenvalue weighted by Crippen LogP contribution is -2.41. The van der Waals surface area contributed by atoms with E-state index in [1.54, 1.807) is 7.11 Å². The molecule has 3 N–H and O–H groups in total. The summed E-state index contributed by atoms with van der Waals surface area (Å²) >= 11 is 0. The first kappa shape index (κ1) is 17.7. The zero-order valence-corrected chi connectivity index (χ0v) is 12.1. The molecule has 0 aromatic heterocycles. The molecule has 0 unspecified atom stereocenters. The zero-order chi connectivity index (χ0) is 14.7. The second-order valence-electron chi connectivity index (χ2n) is 5.37. The van der Waals surface area contributed by atoms with Crippen LogP contribution in [0.25, 0.3) is 0 Å². The zero-order valence-electron chi connectivity index (χ0n) is 12.1. The fraction of sp³-hybridized carbons (Fsp3) is 0.846. The summed E-state index contributed by atoms with van der Waals surface area (Å²) in [6.45, 7) is 5.89. The molecule has 19 heavy (non-hydrogen) atoms. The van der Waals surface area contributed by atoms with E-state index < -0.39 is 5.97 Å². The van der Waals surface area contributed by atoms with Crippen LogP contribution in [-0.2, 0) is 9.53 Å². The van der Waals surface area contributed by atoms with Gasteiger partial charge in [-0.1, -0.05) is 13.8 Å². The first-order valence-electron chi connectivity index (χ1n) is 6.60. The Bertz CT molecular complexity index is 280. The third-order valence-corrected chi connectivity index (χ3v) is 2.81. The molecule has 112 valence electrons. The molecular weight excluding hydrogens is 248 g/mol. The van der Waals surface area contributed by atoms with E-state index in [-0.39, 0.29) is 17.9 Å². The number of amides is 2. The lowest BCUT2D eigenvalue weighted by atomic mass is 9.90. The maximum atomic E-state index is 11.5. The number of carboxylic acid groups (broad SMARTS) is 1. The van der Waals surface area contributed by atoms with E-state index in [0.29, 0.717) is 32.5 Å². The molecule has 6 nitrogen and oxygen atoms in total. The summed E-state index contributed by atoms with van der Waals surface area (Å²) in [6.07, 6.45) is 2.28. The van der Waals surface area contributed by atoms with Crippen LogP contribution < -0.4 is 10.6 Å². The van der Waals surface area contributed by atoms with Crippen molar-refractivity contribution >= 4 is 12.0 Å². The normalized spacial score (nSPS) is 11.1. The smallest absolute Gasteiger partial charge is 0.314 e. The number of methoxy groups -OCH3 is 1. The molecule has 0 bridgehead atoms. The lowest BCUT2D eigenvalue weighted by molar-refractivity contribution is -0.137. The van der Waals surface area contributed by atoms with E-state index in [2.05, 4.69) is 24.5 Å². The summed E-state index contributed by atoms with van der Waals surface area (Å²) in [5, 5.41) is 14.0. The molecule has 0 atom stereocenters. The second kappa shape index (κ2) is 9.61. The van der Waals surface area contributed by atoms with Crippen LogP contribution in [0.15, 0.2) is 0 Å². The molecule has 0 aromatic rings. The summed E-state index contributed by atoms with van der Waals surface area (Å²) in [7, 11) is 1.66. The van der Waals surface area contributed by atoms with E-state index in [0.717, 1.165) is 6.42 Å². The van der Waals surface area contributed by atoms with Gasteiger partial charge in [0, 0.05) is 33.2 Å². The van der Waals surface area contributed by atoms with E-state index in [4.69, 9.17) is 9.84 Å². The van der Waals surface area contributed by atoms with Gasteiger partial charge >= 0.3 is 12.0 Å². The van der Waals surface area contributed by atoms with Crippen molar-refractivity contribution in [1.82, 2.24) is 10.6 Å². The van der Waals surface area contributed by atoms with Crippen LogP contribution in [0.5, 0.6) is 0 Å². The van der Waals surface area contributed by atoms with Crippen LogP contribution in [0.2, 0.25) is 0 Å². The Hall–Kier alpha value is -1.30. The molecule has 0 radical (unpaired) electrons. The van der Waals surface area contributed by atoms with Gasteiger partial charge in [-0.25, -0.2) is 4.79 Å². The van der Waals surface area contributed by atoms with Gasteiger partial charge in [-0.3, -0.25) is 4.79 Å². The Morgan fingerprint density at radius 2 is 1.89 bits per heavy atom. The van der Waals surface area contributed by atoms with E-state index >= 15 is 0 Å². The lowest BCUT2D eigenvalue weighted by Gasteiger charge is -2.24. The number of ether oxygens (including phenoxy) is 1. The Morgan fingerprint density at radius 1 is 1.21 bits per heavy atom. The van der Waals surface area contributed by atoms with Gasteiger partial charge in [0.25, 0.3) is 0 Å². The van der Waals surface area contributed by atoms with E-state index in [1.807, 2.05) is 0 Å². The van der Waals surface area contributed by atoms with Gasteiger partial charge in [-0.2, -0.15) is 0 Å². The summed E-state index contributed by atoms with van der Waals surface area (Å²) in [6, 6.07) is -0.208. The van der Waals surface area contributed by atoms with Crippen LogP contribution in [0.4, 0.5) is 4.79 Å². The minimum atomic E-state index is -0.802. The van der Waals surface area contributed by atoms with Crippen LogP contribution in [-0.4, -0.2) is 43.9 Å². The molecule has 6 heteroatoms. The highest BCUT2D eigenvalue weighted by Crippen LogP contribution is 2.18. The number of carbonyl (C=O) groups is 2. The van der Waals surface area contributed by atoms with Gasteiger partial charge in [0.2, 0.25) is 0 Å². The number of rotatable bonds is 10. The number of nitrogens with one attached hydrogen (secondary N) is 2. The third kappa shape index (κ3) is 11.5. The average molecular weight is 274 g/mol. The largest absolute Gasteiger partial charge is 0.481 e. The summed E-state index contributed by atoms with van der Waals surface area (Å²) in [4.78, 5) is 21.8. The van der Waals surface area contributed by atoms with Gasteiger partial charge in [-0.05, 0) is 24.7 Å². The molecule has 0 saturated carbocycles. The molecule has 0 aliphatic rings. The number of urea groups is 1. The first-order chi connectivity index (χ1) is 8.87. The fourth-order valence-corrected chi connectivity index (χ4v) is 1.45. The Kier molecular flexibility index (Phi) is 8.95. The molecule has 0 aliphatic heterocycles. The summed E-state index contributed by atoms with van der Waals surface area (Å²) < 4.78 is 5.02. The Balaban J connectivity index is 3.61. The minimum Gasteiger partial charge on any atom is -0.481 e. The van der Waals surface area contributed by atoms with Crippen LogP contribution in [0.1, 0.15) is 39.5 Å². The third-order valence-electron chi connectivity index (χ3n) is 2.81. The van der Waals surface area contributed by atoms with Crippen molar-refractivity contribution in [3.8, 4) is 0 Å². The van der Waals surface area contributed by atoms with Crippen molar-refractivity contribution < 1.29 is 19.4 Å². The van der Waals surface area contributed by atoms with Crippen molar-refractivity contribution in [2.45, 2.75) is 39.5 Å². The number of unbranched alkanes of at least 4 members (excludes halogenated alkanes) is 1. The van der Waals surface area contributed by atoms with Crippen LogP contribution in [0.3, 0.4) is 0 Å². The van der Waals surface area contributed by atoms with Gasteiger partial charge in [0.15, 0.2) is 0 Å². The van der Waals surface area contributed by atoms with E-state index in [9.17, 15) is 9.59 Å². The predicted molar refractivity (Wildman–Crippen MR) is 73.2 cm³/mol. The predicted octanol–water partition coefficient (Wildman–Crippen LogP) is 1.60. The number of carboxylic acids is 1. The number of hydrogen-bond donors (Lipinski definition) is 3. The highest BCUT2D eigenvalue weighted by Gasteiger charge is 2.18. The molecule has 0 rings (SSSR count). The van der Waals surface area contributed by atoms with Crippen molar-refractivity contribution in [3.05, 3.63) is 0 Å². The first-order valence-corrected chi connectivity index (χ1v) is 6.60. The molecule has 0 heterocycles. The highest BCUT2D eigenvalue weighted by atomic mass is 16.5. The SMILES string of the molecule is COCCC(C)(C)CNC(=O)NCCCCC(=O)O. The van der Waals surface area contributed by atoms with Crippen molar-refractivity contribution in [2.75, 3.05) is 26.8 Å². The number of aliphatic carboxylic acids is 1. The molecular formula is C13H26N2O4. The second-order valence-corrected chi connectivity index (χ2v) is 5.37. The van der Waals surface area contributed by atoms with Crippen molar-refractivity contribution in [1.29, 1.82) is 0 Å². The van der Waals surface area contributed by atoms with Crippen LogP contribution in [0, 0.1) is 5.41 Å². The van der Waals surface area contributed by atoms with Gasteiger partial charge in [0.1, 0.15) is 0 Å². The topological polar surface area (TPSA) is 87.7 Å². The molecule has 0 aromatic carbocycles. The molecule has 0 saturated heterocycles. The monoisotopic (exact) mass is 274 g/mol. The maximum Gasteiger partial charge on any atom is 0.314 e. The number of carbonyl (C=O) groups excluding carboxylic acids is 1. The maximum absolute atomic E-state index is 11.5. The minimum absolute atomic E-state index is 0.00332. The molecule has 0 aliphatic carbocycles. The van der Waals surface area contributed by atoms with Crippen molar-refractivity contribution in [2.24, 2.45) is 5.41 Å². The summed E-state index contributed by atoms with van der Waals surface area (Å²) in [5.74, 6) is -0.802. The molecule has 0 spiro atoms.